The van der Waals surface area contributed by atoms with Gasteiger partial charge in [-0.3, -0.25) is 0 Å². The highest BCUT2D eigenvalue weighted by Gasteiger charge is 2.33. The van der Waals surface area contributed by atoms with Crippen LogP contribution in [0.5, 0.6) is 0 Å². The highest BCUT2D eigenvalue weighted by atomic mass is 15.4. The molecule has 142 valence electrons. The van der Waals surface area contributed by atoms with Gasteiger partial charge in [0.25, 0.3) is 0 Å². The maximum atomic E-state index is 4.51. The van der Waals surface area contributed by atoms with E-state index in [1.165, 1.54) is 41.8 Å². The Bertz CT molecular complexity index is 845. The summed E-state index contributed by atoms with van der Waals surface area (Å²) >= 11 is 0. The number of aryl methyl sites for hydroxylation is 3. The molecule has 3 heterocycles. The van der Waals surface area contributed by atoms with E-state index in [0.717, 1.165) is 56.3 Å². The minimum Gasteiger partial charge on any atom is -0.352 e. The number of hydrogen-bond acceptors (Lipinski definition) is 6. The van der Waals surface area contributed by atoms with Crippen molar-refractivity contribution in [3.63, 3.8) is 0 Å². The van der Waals surface area contributed by atoms with Gasteiger partial charge in [0.05, 0.1) is 17.4 Å². The monoisotopic (exact) mass is 364 g/mol. The molecule has 5 rings (SSSR count). The second-order valence-corrected chi connectivity index (χ2v) is 8.57. The Hall–Kier alpha value is -2.24. The number of anilines is 2. The summed E-state index contributed by atoms with van der Waals surface area (Å²) in [6, 6.07) is 4.98. The molecule has 0 radical (unpaired) electrons. The van der Waals surface area contributed by atoms with Crippen LogP contribution >= 0.6 is 0 Å². The zero-order valence-electron chi connectivity index (χ0n) is 16.4. The number of likely N-dealkylation sites (N-methyl/N-ethyl adjacent to an activating group) is 1. The molecule has 0 amide bonds. The molecule has 2 aromatic heterocycles. The molecule has 1 fully saturated rings. The van der Waals surface area contributed by atoms with Crippen LogP contribution in [0.25, 0.3) is 0 Å². The highest BCUT2D eigenvalue weighted by Crippen LogP contribution is 2.29. The van der Waals surface area contributed by atoms with Crippen LogP contribution in [0.15, 0.2) is 12.1 Å². The van der Waals surface area contributed by atoms with Crippen LogP contribution in [0, 0.1) is 5.92 Å². The van der Waals surface area contributed by atoms with Crippen molar-refractivity contribution < 1.29 is 0 Å². The standard InChI is InChI=1S/C21H28N6/c1-14-7-8-19-16(9-14)11-20(24-23-19)26(2)17-12-27(13-17)21-10-15-5-3-4-6-18(15)22-25-21/h10-11,14,17H,3-9,12-13H2,1-2H3. The third-order valence-electron chi connectivity index (χ3n) is 6.54. The second kappa shape index (κ2) is 6.73. The van der Waals surface area contributed by atoms with Crippen molar-refractivity contribution in [1.29, 1.82) is 0 Å². The van der Waals surface area contributed by atoms with Gasteiger partial charge in [-0.1, -0.05) is 6.92 Å². The maximum Gasteiger partial charge on any atom is 0.151 e. The molecule has 0 bridgehead atoms. The molecule has 6 heteroatoms. The molecular formula is C21H28N6. The van der Waals surface area contributed by atoms with Gasteiger partial charge in [-0.05, 0) is 74.1 Å². The summed E-state index contributed by atoms with van der Waals surface area (Å²) < 4.78 is 0. The Balaban J connectivity index is 1.26. The van der Waals surface area contributed by atoms with E-state index in [4.69, 9.17) is 0 Å². The zero-order chi connectivity index (χ0) is 18.4. The Labute approximate surface area is 161 Å². The van der Waals surface area contributed by atoms with Gasteiger partial charge in [-0.25, -0.2) is 0 Å². The van der Waals surface area contributed by atoms with E-state index >= 15 is 0 Å². The van der Waals surface area contributed by atoms with E-state index in [-0.39, 0.29) is 0 Å². The van der Waals surface area contributed by atoms with Crippen LogP contribution in [0.2, 0.25) is 0 Å². The van der Waals surface area contributed by atoms with Gasteiger partial charge in [0.2, 0.25) is 0 Å². The van der Waals surface area contributed by atoms with Gasteiger partial charge in [-0.2, -0.15) is 10.2 Å². The first-order valence-corrected chi connectivity index (χ1v) is 10.4. The van der Waals surface area contributed by atoms with Crippen molar-refractivity contribution >= 4 is 11.6 Å². The number of aromatic nitrogens is 4. The third-order valence-corrected chi connectivity index (χ3v) is 6.54. The van der Waals surface area contributed by atoms with Crippen molar-refractivity contribution in [3.8, 4) is 0 Å². The van der Waals surface area contributed by atoms with Gasteiger partial charge >= 0.3 is 0 Å². The van der Waals surface area contributed by atoms with Crippen LogP contribution in [0.1, 0.15) is 48.7 Å². The lowest BCUT2D eigenvalue weighted by molar-refractivity contribution is 0.476. The average Bonchev–Trinajstić information content (AvgIpc) is 2.66. The maximum absolute atomic E-state index is 4.51. The van der Waals surface area contributed by atoms with Gasteiger partial charge in [0, 0.05) is 20.1 Å². The van der Waals surface area contributed by atoms with Crippen molar-refractivity contribution in [2.75, 3.05) is 29.9 Å². The summed E-state index contributed by atoms with van der Waals surface area (Å²) in [6.45, 7) is 4.27. The van der Waals surface area contributed by atoms with Gasteiger partial charge in [0.15, 0.2) is 11.6 Å². The Morgan fingerprint density at radius 1 is 0.926 bits per heavy atom. The molecule has 2 aliphatic carbocycles. The molecular weight excluding hydrogens is 336 g/mol. The van der Waals surface area contributed by atoms with E-state index in [0.29, 0.717) is 6.04 Å². The molecule has 0 N–H and O–H groups in total. The Morgan fingerprint density at radius 3 is 2.59 bits per heavy atom. The van der Waals surface area contributed by atoms with Gasteiger partial charge < -0.3 is 9.80 Å². The van der Waals surface area contributed by atoms with Gasteiger partial charge in [-0.15, -0.1) is 10.2 Å². The minimum atomic E-state index is 0.455. The summed E-state index contributed by atoms with van der Waals surface area (Å²) in [5, 5.41) is 18.0. The zero-order valence-corrected chi connectivity index (χ0v) is 16.4. The fourth-order valence-corrected chi connectivity index (χ4v) is 4.57. The Morgan fingerprint density at radius 2 is 1.70 bits per heavy atom. The van der Waals surface area contributed by atoms with Gasteiger partial charge in [0.1, 0.15) is 0 Å². The highest BCUT2D eigenvalue weighted by molar-refractivity contribution is 5.50. The molecule has 1 unspecified atom stereocenters. The normalized spacial score (nSPS) is 22.0. The molecule has 1 atom stereocenters. The molecule has 6 nitrogen and oxygen atoms in total. The van der Waals surface area contributed by atoms with Crippen LogP contribution in [0.3, 0.4) is 0 Å². The number of hydrogen-bond donors (Lipinski definition) is 0. The molecule has 27 heavy (non-hydrogen) atoms. The first kappa shape index (κ1) is 16.9. The van der Waals surface area contributed by atoms with Crippen LogP contribution < -0.4 is 9.80 Å². The largest absolute Gasteiger partial charge is 0.352 e. The minimum absolute atomic E-state index is 0.455. The van der Waals surface area contributed by atoms with Crippen molar-refractivity contribution in [2.45, 2.75) is 57.9 Å². The SMILES string of the molecule is CC1CCc2nnc(N(C)C3CN(c4cc5c(nn4)CCCC5)C3)cc2C1. The quantitative estimate of drug-likeness (QED) is 0.834. The number of rotatable bonds is 3. The summed E-state index contributed by atoms with van der Waals surface area (Å²) in [5.74, 6) is 2.79. The fourth-order valence-electron chi connectivity index (χ4n) is 4.57. The van der Waals surface area contributed by atoms with Crippen LogP contribution in [0.4, 0.5) is 11.6 Å². The van der Waals surface area contributed by atoms with Crippen molar-refractivity contribution in [3.05, 3.63) is 34.6 Å². The van der Waals surface area contributed by atoms with E-state index in [2.05, 4.69) is 56.3 Å². The number of nitrogens with zero attached hydrogens (tertiary/aromatic N) is 6. The van der Waals surface area contributed by atoms with E-state index < -0.39 is 0 Å². The predicted octanol–water partition coefficient (Wildman–Crippen LogP) is 2.60. The van der Waals surface area contributed by atoms with Crippen LogP contribution in [-0.2, 0) is 25.7 Å². The summed E-state index contributed by atoms with van der Waals surface area (Å²) in [7, 11) is 2.14. The molecule has 2 aromatic rings. The van der Waals surface area contributed by atoms with Crippen molar-refractivity contribution in [1.82, 2.24) is 20.4 Å². The van der Waals surface area contributed by atoms with E-state index in [1.54, 1.807) is 0 Å². The predicted molar refractivity (Wildman–Crippen MR) is 106 cm³/mol. The molecule has 0 saturated carbocycles. The fraction of sp³-hybridized carbons (Fsp3) is 0.619. The lowest BCUT2D eigenvalue weighted by Crippen LogP contribution is -2.59. The lowest BCUT2D eigenvalue weighted by atomic mass is 9.88. The van der Waals surface area contributed by atoms with E-state index in [1.807, 2.05) is 0 Å². The molecule has 0 aromatic carbocycles. The molecule has 1 saturated heterocycles. The number of fused-ring (bicyclic) bond motifs is 2. The molecule has 3 aliphatic rings. The first-order valence-electron chi connectivity index (χ1n) is 10.4. The second-order valence-electron chi connectivity index (χ2n) is 8.57. The van der Waals surface area contributed by atoms with Crippen LogP contribution in [-0.4, -0.2) is 46.6 Å². The first-order chi connectivity index (χ1) is 13.2. The molecule has 1 aliphatic heterocycles. The summed E-state index contributed by atoms with van der Waals surface area (Å²) in [6.07, 6.45) is 8.20. The third kappa shape index (κ3) is 3.15. The summed E-state index contributed by atoms with van der Waals surface area (Å²) in [4.78, 5) is 4.62. The topological polar surface area (TPSA) is 58.0 Å². The lowest BCUT2D eigenvalue weighted by Gasteiger charge is -2.45. The Kier molecular flexibility index (Phi) is 4.21. The van der Waals surface area contributed by atoms with Crippen molar-refractivity contribution in [2.24, 2.45) is 5.92 Å². The summed E-state index contributed by atoms with van der Waals surface area (Å²) in [5.41, 5.74) is 5.20. The average molecular weight is 364 g/mol. The molecule has 0 spiro atoms. The van der Waals surface area contributed by atoms with E-state index in [9.17, 15) is 0 Å². The smallest absolute Gasteiger partial charge is 0.151 e.